The zero-order chi connectivity index (χ0) is 16.4. The van der Waals surface area contributed by atoms with Crippen molar-refractivity contribution in [1.29, 1.82) is 0 Å². The average molecular weight is 357 g/mol. The Bertz CT molecular complexity index is 697. The molecule has 0 aliphatic rings. The van der Waals surface area contributed by atoms with Gasteiger partial charge in [0.15, 0.2) is 0 Å². The molecule has 0 aliphatic carbocycles. The number of aromatic nitrogens is 1. The zero-order valence-corrected chi connectivity index (χ0v) is 15.3. The fraction of sp³-hybridized carbons (Fsp3) is 0.375. The molecule has 0 radical (unpaired) electrons. The second kappa shape index (κ2) is 6.99. The van der Waals surface area contributed by atoms with Gasteiger partial charge in [0.25, 0.3) is 5.91 Å². The molecule has 1 amide bonds. The Hall–Kier alpha value is -1.10. The Morgan fingerprint density at radius 3 is 2.64 bits per heavy atom. The molecule has 3 nitrogen and oxygen atoms in total. The third kappa shape index (κ3) is 3.62. The number of aryl methyl sites for hydroxylation is 1. The van der Waals surface area contributed by atoms with Crippen molar-refractivity contribution in [2.24, 2.45) is 0 Å². The maximum atomic E-state index is 12.6. The highest BCUT2D eigenvalue weighted by Crippen LogP contribution is 2.28. The lowest BCUT2D eigenvalue weighted by molar-refractivity contribution is 0.0789. The summed E-state index contributed by atoms with van der Waals surface area (Å²) in [5.41, 5.74) is 1.61. The van der Waals surface area contributed by atoms with Gasteiger partial charge in [-0.1, -0.05) is 49.2 Å². The number of carbonyl (C=O) groups is 1. The van der Waals surface area contributed by atoms with Crippen LogP contribution in [0, 0.1) is 6.92 Å². The summed E-state index contributed by atoms with van der Waals surface area (Å²) in [5.74, 6) is 0.274. The number of hydrogen-bond donors (Lipinski definition) is 0. The minimum atomic E-state index is -0.0436. The monoisotopic (exact) mass is 356 g/mol. The molecule has 6 heteroatoms. The predicted molar refractivity (Wildman–Crippen MR) is 93.2 cm³/mol. The van der Waals surface area contributed by atoms with Gasteiger partial charge in [-0.3, -0.25) is 4.79 Å². The van der Waals surface area contributed by atoms with Crippen LogP contribution >= 0.6 is 34.5 Å². The van der Waals surface area contributed by atoms with E-state index in [9.17, 15) is 4.79 Å². The number of benzene rings is 1. The molecule has 0 spiro atoms. The van der Waals surface area contributed by atoms with Crippen LogP contribution in [-0.4, -0.2) is 22.8 Å². The van der Waals surface area contributed by atoms with Crippen molar-refractivity contribution in [1.82, 2.24) is 9.88 Å². The smallest absolute Gasteiger partial charge is 0.265 e. The largest absolute Gasteiger partial charge is 0.337 e. The number of carbonyl (C=O) groups excluding carboxylic acids is 1. The predicted octanol–water partition coefficient (Wildman–Crippen LogP) is 5.15. The van der Waals surface area contributed by atoms with E-state index in [0.717, 1.165) is 16.3 Å². The molecular weight excluding hydrogens is 339 g/mol. The topological polar surface area (TPSA) is 33.2 Å². The van der Waals surface area contributed by atoms with E-state index in [1.807, 2.05) is 19.1 Å². The van der Waals surface area contributed by atoms with Crippen molar-refractivity contribution in [2.75, 3.05) is 7.05 Å². The fourth-order valence-corrected chi connectivity index (χ4v) is 3.48. The van der Waals surface area contributed by atoms with E-state index in [2.05, 4.69) is 18.8 Å². The number of amides is 1. The normalized spacial score (nSPS) is 11.0. The molecule has 0 fully saturated rings. The van der Waals surface area contributed by atoms with Gasteiger partial charge < -0.3 is 4.90 Å². The first kappa shape index (κ1) is 17.3. The third-order valence-electron chi connectivity index (χ3n) is 3.29. The van der Waals surface area contributed by atoms with E-state index in [4.69, 9.17) is 23.2 Å². The summed E-state index contributed by atoms with van der Waals surface area (Å²) in [6.45, 7) is 6.42. The van der Waals surface area contributed by atoms with Crippen molar-refractivity contribution in [3.8, 4) is 0 Å². The minimum absolute atomic E-state index is 0.0436. The van der Waals surface area contributed by atoms with Crippen molar-refractivity contribution in [3.63, 3.8) is 0 Å². The van der Waals surface area contributed by atoms with E-state index in [1.165, 1.54) is 11.3 Å². The van der Waals surface area contributed by atoms with Gasteiger partial charge in [0, 0.05) is 19.5 Å². The summed E-state index contributed by atoms with van der Waals surface area (Å²) < 4.78 is 0. The van der Waals surface area contributed by atoms with Crippen molar-refractivity contribution in [3.05, 3.63) is 49.4 Å². The first-order chi connectivity index (χ1) is 10.3. The highest BCUT2D eigenvalue weighted by molar-refractivity contribution is 7.13. The lowest BCUT2D eigenvalue weighted by atomic mass is 10.2. The Labute approximate surface area is 144 Å². The van der Waals surface area contributed by atoms with Crippen LogP contribution in [0.2, 0.25) is 10.0 Å². The van der Waals surface area contributed by atoms with Crippen LogP contribution in [0.25, 0.3) is 0 Å². The molecule has 1 heterocycles. The standard InChI is InChI=1S/C16H18Cl2N2OS/c1-9(2)15-19-10(3)14(22-15)16(21)20(4)8-11-6-5-7-12(17)13(11)18/h5-7,9H,8H2,1-4H3. The Balaban J connectivity index is 2.21. The molecule has 0 unspecified atom stereocenters. The van der Waals surface area contributed by atoms with Crippen molar-refractivity contribution >= 4 is 40.4 Å². The first-order valence-electron chi connectivity index (χ1n) is 6.97. The molecule has 2 aromatic rings. The Kier molecular flexibility index (Phi) is 5.48. The van der Waals surface area contributed by atoms with Gasteiger partial charge in [0.2, 0.25) is 0 Å². The van der Waals surface area contributed by atoms with Gasteiger partial charge in [0.05, 0.1) is 20.7 Å². The van der Waals surface area contributed by atoms with Crippen molar-refractivity contribution < 1.29 is 4.79 Å². The highest BCUT2D eigenvalue weighted by atomic mass is 35.5. The number of hydrogen-bond acceptors (Lipinski definition) is 3. The van der Waals surface area contributed by atoms with Crippen molar-refractivity contribution in [2.45, 2.75) is 33.2 Å². The summed E-state index contributed by atoms with van der Waals surface area (Å²) in [6.07, 6.45) is 0. The summed E-state index contributed by atoms with van der Waals surface area (Å²) in [6, 6.07) is 5.44. The van der Waals surface area contributed by atoms with Gasteiger partial charge >= 0.3 is 0 Å². The minimum Gasteiger partial charge on any atom is -0.337 e. The van der Waals surface area contributed by atoms with Crippen LogP contribution in [0.1, 0.15) is 45.7 Å². The maximum Gasteiger partial charge on any atom is 0.265 e. The number of halogens is 2. The first-order valence-corrected chi connectivity index (χ1v) is 8.54. The van der Waals surface area contributed by atoms with Crippen LogP contribution in [0.5, 0.6) is 0 Å². The molecule has 0 aliphatic heterocycles. The van der Waals surface area contributed by atoms with Gasteiger partial charge in [-0.2, -0.15) is 0 Å². The molecule has 0 N–H and O–H groups in total. The van der Waals surface area contributed by atoms with Gasteiger partial charge in [-0.05, 0) is 18.6 Å². The summed E-state index contributed by atoms with van der Waals surface area (Å²) in [5, 5.41) is 1.97. The number of nitrogens with zero attached hydrogens (tertiary/aromatic N) is 2. The van der Waals surface area contributed by atoms with Crippen LogP contribution < -0.4 is 0 Å². The summed E-state index contributed by atoms with van der Waals surface area (Å²) in [7, 11) is 1.76. The molecule has 22 heavy (non-hydrogen) atoms. The summed E-state index contributed by atoms with van der Waals surface area (Å²) >= 11 is 13.7. The van der Waals surface area contributed by atoms with Crippen LogP contribution in [0.15, 0.2) is 18.2 Å². The average Bonchev–Trinajstić information content (AvgIpc) is 2.85. The van der Waals surface area contributed by atoms with Crippen LogP contribution in [0.3, 0.4) is 0 Å². The van der Waals surface area contributed by atoms with Crippen LogP contribution in [-0.2, 0) is 6.54 Å². The lowest BCUT2D eigenvalue weighted by Crippen LogP contribution is -2.26. The maximum absolute atomic E-state index is 12.6. The molecular formula is C16H18Cl2N2OS. The van der Waals surface area contributed by atoms with Crippen LogP contribution in [0.4, 0.5) is 0 Å². The molecule has 0 bridgehead atoms. The second-order valence-corrected chi connectivity index (χ2v) is 7.31. The van der Waals surface area contributed by atoms with E-state index < -0.39 is 0 Å². The van der Waals surface area contributed by atoms with E-state index >= 15 is 0 Å². The van der Waals surface area contributed by atoms with Gasteiger partial charge in [-0.25, -0.2) is 4.98 Å². The lowest BCUT2D eigenvalue weighted by Gasteiger charge is -2.17. The van der Waals surface area contributed by atoms with E-state index in [0.29, 0.717) is 27.4 Å². The van der Waals surface area contributed by atoms with Gasteiger partial charge in [-0.15, -0.1) is 11.3 Å². The highest BCUT2D eigenvalue weighted by Gasteiger charge is 2.21. The molecule has 118 valence electrons. The molecule has 1 aromatic carbocycles. The molecule has 0 saturated carbocycles. The second-order valence-electron chi connectivity index (χ2n) is 5.50. The quantitative estimate of drug-likeness (QED) is 0.758. The summed E-state index contributed by atoms with van der Waals surface area (Å²) in [4.78, 5) is 19.4. The Morgan fingerprint density at radius 2 is 2.05 bits per heavy atom. The number of thiazole rings is 1. The Morgan fingerprint density at radius 1 is 1.36 bits per heavy atom. The van der Waals surface area contributed by atoms with Gasteiger partial charge in [0.1, 0.15) is 4.88 Å². The molecule has 0 atom stereocenters. The zero-order valence-electron chi connectivity index (χ0n) is 13.0. The fourth-order valence-electron chi connectivity index (χ4n) is 2.03. The van der Waals surface area contributed by atoms with E-state index in [1.54, 1.807) is 18.0 Å². The SMILES string of the molecule is Cc1nc(C(C)C)sc1C(=O)N(C)Cc1cccc(Cl)c1Cl. The number of rotatable bonds is 4. The third-order valence-corrected chi connectivity index (χ3v) is 5.59. The molecule has 0 saturated heterocycles. The van der Waals surface area contributed by atoms with E-state index in [-0.39, 0.29) is 5.91 Å². The molecule has 2 rings (SSSR count). The molecule has 1 aromatic heterocycles.